The number of rotatable bonds is 3. The molecule has 2 amide bonds. The number of benzene rings is 1. The molecule has 1 fully saturated rings. The van der Waals surface area contributed by atoms with Gasteiger partial charge < -0.3 is 4.90 Å². The second-order valence-electron chi connectivity index (χ2n) is 5.86. The van der Waals surface area contributed by atoms with E-state index in [2.05, 4.69) is 4.72 Å². The van der Waals surface area contributed by atoms with Gasteiger partial charge in [0.25, 0.3) is 10.0 Å². The Morgan fingerprint density at radius 2 is 1.57 bits per heavy atom. The van der Waals surface area contributed by atoms with Crippen molar-refractivity contribution in [2.45, 2.75) is 39.5 Å². The first-order chi connectivity index (χ1) is 10.9. The Labute approximate surface area is 138 Å². The van der Waals surface area contributed by atoms with Crippen molar-refractivity contribution in [2.75, 3.05) is 13.1 Å². The molecule has 5 nitrogen and oxygen atoms in total. The van der Waals surface area contributed by atoms with Crippen molar-refractivity contribution in [1.29, 1.82) is 0 Å². The first kappa shape index (κ1) is 17.5. The number of likely N-dealkylation sites (tertiary alicyclic amines) is 1. The SMILES string of the molecule is C/C(=C(/C)S(=O)(=O)NC(=O)N1CCCCCC1)c1ccccc1. The molecule has 0 radical (unpaired) electrons. The third kappa shape index (κ3) is 4.58. The second-order valence-corrected chi connectivity index (χ2v) is 7.68. The minimum atomic E-state index is -3.83. The average Bonchev–Trinajstić information content (AvgIpc) is 2.83. The molecule has 1 aliphatic heterocycles. The highest BCUT2D eigenvalue weighted by atomic mass is 32.2. The van der Waals surface area contributed by atoms with Crippen LogP contribution >= 0.6 is 0 Å². The lowest BCUT2D eigenvalue weighted by Crippen LogP contribution is -2.43. The molecule has 0 spiro atoms. The van der Waals surface area contributed by atoms with E-state index in [1.165, 1.54) is 6.92 Å². The molecule has 1 aromatic carbocycles. The zero-order valence-corrected chi connectivity index (χ0v) is 14.5. The van der Waals surface area contributed by atoms with Crippen molar-refractivity contribution in [2.24, 2.45) is 0 Å². The van der Waals surface area contributed by atoms with Crippen LogP contribution in [0.5, 0.6) is 0 Å². The summed E-state index contributed by atoms with van der Waals surface area (Å²) in [6.45, 7) is 4.50. The van der Waals surface area contributed by atoms with Crippen LogP contribution in [0.15, 0.2) is 35.2 Å². The molecular weight excluding hydrogens is 312 g/mol. The molecule has 0 atom stereocenters. The smallest absolute Gasteiger partial charge is 0.324 e. The van der Waals surface area contributed by atoms with Gasteiger partial charge in [0.1, 0.15) is 0 Å². The minimum Gasteiger partial charge on any atom is -0.324 e. The lowest BCUT2D eigenvalue weighted by molar-refractivity contribution is 0.206. The van der Waals surface area contributed by atoms with E-state index in [1.54, 1.807) is 11.8 Å². The molecule has 0 unspecified atom stereocenters. The monoisotopic (exact) mass is 336 g/mol. The van der Waals surface area contributed by atoms with Gasteiger partial charge in [0.15, 0.2) is 0 Å². The predicted octanol–water partition coefficient (Wildman–Crippen LogP) is 3.35. The van der Waals surface area contributed by atoms with Crippen LogP contribution in [0.2, 0.25) is 0 Å². The normalized spacial score (nSPS) is 17.2. The fourth-order valence-corrected chi connectivity index (χ4v) is 3.66. The van der Waals surface area contributed by atoms with E-state index < -0.39 is 16.1 Å². The standard InChI is InChI=1S/C17H24N2O3S/c1-14(16-10-6-5-7-11-16)15(2)23(21,22)18-17(20)19-12-8-3-4-9-13-19/h5-7,10-11H,3-4,8-9,12-13H2,1-2H3,(H,18,20)/b15-14+. The molecule has 1 saturated heterocycles. The third-order valence-electron chi connectivity index (χ3n) is 4.25. The Bertz CT molecular complexity index is 673. The zero-order valence-electron chi connectivity index (χ0n) is 13.7. The van der Waals surface area contributed by atoms with Crippen LogP contribution in [0.3, 0.4) is 0 Å². The lowest BCUT2D eigenvalue weighted by atomic mass is 10.1. The molecule has 1 N–H and O–H groups in total. The largest absolute Gasteiger partial charge is 0.331 e. The van der Waals surface area contributed by atoms with Gasteiger partial charge in [-0.1, -0.05) is 43.2 Å². The van der Waals surface area contributed by atoms with Crippen molar-refractivity contribution in [3.05, 3.63) is 40.8 Å². The topological polar surface area (TPSA) is 66.5 Å². The number of carbonyl (C=O) groups is 1. The fourth-order valence-electron chi connectivity index (χ4n) is 2.62. The van der Waals surface area contributed by atoms with E-state index in [9.17, 15) is 13.2 Å². The van der Waals surface area contributed by atoms with Gasteiger partial charge in [-0.3, -0.25) is 0 Å². The summed E-state index contributed by atoms with van der Waals surface area (Å²) in [7, 11) is -3.83. The minimum absolute atomic E-state index is 0.173. The Morgan fingerprint density at radius 3 is 2.13 bits per heavy atom. The Morgan fingerprint density at radius 1 is 1.00 bits per heavy atom. The van der Waals surface area contributed by atoms with E-state index in [0.717, 1.165) is 31.2 Å². The van der Waals surface area contributed by atoms with Crippen LogP contribution in [0.4, 0.5) is 4.79 Å². The van der Waals surface area contributed by atoms with Gasteiger partial charge in [-0.25, -0.2) is 17.9 Å². The number of carbonyl (C=O) groups excluding carboxylic acids is 1. The van der Waals surface area contributed by atoms with Gasteiger partial charge in [-0.2, -0.15) is 0 Å². The predicted molar refractivity (Wildman–Crippen MR) is 92.2 cm³/mol. The molecule has 0 bridgehead atoms. The highest BCUT2D eigenvalue weighted by Gasteiger charge is 2.23. The van der Waals surface area contributed by atoms with Gasteiger partial charge in [0.2, 0.25) is 0 Å². The molecule has 6 heteroatoms. The molecule has 1 heterocycles. The van der Waals surface area contributed by atoms with Gasteiger partial charge in [0.05, 0.1) is 4.91 Å². The van der Waals surface area contributed by atoms with Crippen molar-refractivity contribution in [3.63, 3.8) is 0 Å². The summed E-state index contributed by atoms with van der Waals surface area (Å²) in [5, 5.41) is 0. The summed E-state index contributed by atoms with van der Waals surface area (Å²) in [4.78, 5) is 14.0. The maximum atomic E-state index is 12.5. The number of allylic oxidation sites excluding steroid dienone is 2. The highest BCUT2D eigenvalue weighted by molar-refractivity contribution is 7.94. The van der Waals surface area contributed by atoms with E-state index in [-0.39, 0.29) is 4.91 Å². The molecule has 2 rings (SSSR count). The number of nitrogens with one attached hydrogen (secondary N) is 1. The van der Waals surface area contributed by atoms with Gasteiger partial charge >= 0.3 is 6.03 Å². The average molecular weight is 336 g/mol. The molecule has 1 aromatic rings. The second kappa shape index (κ2) is 7.64. The first-order valence-corrected chi connectivity index (χ1v) is 9.45. The molecule has 0 aliphatic carbocycles. The highest BCUT2D eigenvalue weighted by Crippen LogP contribution is 2.21. The molecule has 1 aliphatic rings. The molecule has 0 aromatic heterocycles. The number of sulfonamides is 1. The summed E-state index contributed by atoms with van der Waals surface area (Å²) in [5.74, 6) is 0. The van der Waals surface area contributed by atoms with Crippen LogP contribution in [0.1, 0.15) is 45.1 Å². The first-order valence-electron chi connectivity index (χ1n) is 7.96. The summed E-state index contributed by atoms with van der Waals surface area (Å²) >= 11 is 0. The number of nitrogens with zero attached hydrogens (tertiary/aromatic N) is 1. The van der Waals surface area contributed by atoms with Crippen molar-refractivity contribution < 1.29 is 13.2 Å². The van der Waals surface area contributed by atoms with Crippen molar-refractivity contribution in [3.8, 4) is 0 Å². The molecule has 23 heavy (non-hydrogen) atoms. The van der Waals surface area contributed by atoms with Crippen LogP contribution in [-0.4, -0.2) is 32.4 Å². The van der Waals surface area contributed by atoms with Gasteiger partial charge in [-0.15, -0.1) is 0 Å². The summed E-state index contributed by atoms with van der Waals surface area (Å²) in [5.41, 5.74) is 1.47. The van der Waals surface area contributed by atoms with Crippen LogP contribution < -0.4 is 4.72 Å². The van der Waals surface area contributed by atoms with Crippen molar-refractivity contribution >= 4 is 21.6 Å². The quantitative estimate of drug-likeness (QED) is 0.920. The third-order valence-corrected chi connectivity index (χ3v) is 5.81. The van der Waals surface area contributed by atoms with Crippen LogP contribution in [-0.2, 0) is 10.0 Å². The summed E-state index contributed by atoms with van der Waals surface area (Å²) in [6, 6.07) is 8.77. The maximum absolute atomic E-state index is 12.5. The van der Waals surface area contributed by atoms with Crippen LogP contribution in [0, 0.1) is 0 Å². The lowest BCUT2D eigenvalue weighted by Gasteiger charge is -2.21. The Hall–Kier alpha value is -1.82. The van der Waals surface area contributed by atoms with Gasteiger partial charge in [-0.05, 0) is 37.8 Å². The van der Waals surface area contributed by atoms with E-state index in [1.807, 2.05) is 30.3 Å². The number of hydrogen-bond acceptors (Lipinski definition) is 3. The Balaban J connectivity index is 2.15. The molecule has 126 valence electrons. The van der Waals surface area contributed by atoms with E-state index in [4.69, 9.17) is 0 Å². The number of hydrogen-bond donors (Lipinski definition) is 1. The zero-order chi connectivity index (χ0) is 16.9. The molecular formula is C17H24N2O3S. The van der Waals surface area contributed by atoms with Gasteiger partial charge in [0, 0.05) is 13.1 Å². The summed E-state index contributed by atoms with van der Waals surface area (Å²) in [6.07, 6.45) is 4.02. The maximum Gasteiger partial charge on any atom is 0.331 e. The van der Waals surface area contributed by atoms with E-state index >= 15 is 0 Å². The van der Waals surface area contributed by atoms with E-state index in [0.29, 0.717) is 18.7 Å². The number of amides is 2. The van der Waals surface area contributed by atoms with Crippen molar-refractivity contribution in [1.82, 2.24) is 9.62 Å². The number of urea groups is 1. The Kier molecular flexibility index (Phi) is 5.82. The summed E-state index contributed by atoms with van der Waals surface area (Å²) < 4.78 is 27.1. The van der Waals surface area contributed by atoms with Crippen LogP contribution in [0.25, 0.3) is 5.57 Å². The fraction of sp³-hybridized carbons (Fsp3) is 0.471. The molecule has 0 saturated carbocycles.